The number of hydrogen-bond acceptors (Lipinski definition) is 9. The molecule has 1 aliphatic heterocycles. The number of para-hydroxylation sites is 1. The quantitative estimate of drug-likeness (QED) is 0.396. The molecule has 1 aromatic heterocycles. The molecule has 2 heterocycles. The molecule has 0 spiro atoms. The Morgan fingerprint density at radius 3 is 2.27 bits per heavy atom. The largest absolute Gasteiger partial charge is 0.456 e. The van der Waals surface area contributed by atoms with Gasteiger partial charge in [-0.15, -0.1) is 0 Å². The smallest absolute Gasteiger partial charge is 0.329 e. The summed E-state index contributed by atoms with van der Waals surface area (Å²) in [5, 5.41) is 3.22. The SMILES string of the molecule is CC(C(=O)OCc1nc(N)nc(Nc2ccccc2)n1)N1C(=O)c2cc(Cl)c(Cl)cc2C1=O. The van der Waals surface area contributed by atoms with Crippen LogP contribution in [-0.2, 0) is 16.1 Å². The first-order valence-electron chi connectivity index (χ1n) is 9.60. The van der Waals surface area contributed by atoms with E-state index in [0.717, 1.165) is 10.6 Å². The van der Waals surface area contributed by atoms with Gasteiger partial charge in [-0.3, -0.25) is 14.5 Å². The second-order valence-corrected chi connectivity index (χ2v) is 7.81. The van der Waals surface area contributed by atoms with Crippen molar-refractivity contribution >= 4 is 58.6 Å². The van der Waals surface area contributed by atoms with E-state index >= 15 is 0 Å². The van der Waals surface area contributed by atoms with E-state index in [0.29, 0.717) is 0 Å². The molecule has 12 heteroatoms. The first kappa shape index (κ1) is 22.4. The molecule has 0 radical (unpaired) electrons. The van der Waals surface area contributed by atoms with Gasteiger partial charge in [-0.05, 0) is 31.2 Å². The zero-order valence-corrected chi connectivity index (χ0v) is 18.6. The minimum Gasteiger partial charge on any atom is -0.456 e. The normalized spacial score (nSPS) is 13.6. The number of rotatable bonds is 6. The van der Waals surface area contributed by atoms with Gasteiger partial charge in [-0.1, -0.05) is 41.4 Å². The molecule has 0 bridgehead atoms. The molecule has 1 aliphatic rings. The van der Waals surface area contributed by atoms with Crippen LogP contribution in [0.1, 0.15) is 33.5 Å². The number of carbonyl (C=O) groups is 3. The molecule has 3 aromatic rings. The van der Waals surface area contributed by atoms with Crippen LogP contribution in [0.2, 0.25) is 10.0 Å². The number of aromatic nitrogens is 3. The number of imide groups is 1. The van der Waals surface area contributed by atoms with Crippen LogP contribution in [0, 0.1) is 0 Å². The lowest BCUT2D eigenvalue weighted by Crippen LogP contribution is -2.43. The number of ether oxygens (including phenoxy) is 1. The maximum atomic E-state index is 12.7. The van der Waals surface area contributed by atoms with Gasteiger partial charge >= 0.3 is 5.97 Å². The van der Waals surface area contributed by atoms with Gasteiger partial charge in [0.1, 0.15) is 6.04 Å². The first-order valence-corrected chi connectivity index (χ1v) is 10.4. The average molecular weight is 487 g/mol. The van der Waals surface area contributed by atoms with Gasteiger partial charge in [0.2, 0.25) is 11.9 Å². The summed E-state index contributed by atoms with van der Waals surface area (Å²) >= 11 is 11.9. The van der Waals surface area contributed by atoms with Crippen LogP contribution in [0.25, 0.3) is 0 Å². The maximum Gasteiger partial charge on any atom is 0.329 e. The molecule has 2 aromatic carbocycles. The van der Waals surface area contributed by atoms with Gasteiger partial charge in [0.05, 0.1) is 21.2 Å². The lowest BCUT2D eigenvalue weighted by molar-refractivity contribution is -0.149. The van der Waals surface area contributed by atoms with Gasteiger partial charge in [-0.2, -0.15) is 15.0 Å². The summed E-state index contributed by atoms with van der Waals surface area (Å²) < 4.78 is 5.23. The first-order chi connectivity index (χ1) is 15.7. The Hall–Kier alpha value is -3.76. The van der Waals surface area contributed by atoms with Gasteiger partial charge < -0.3 is 15.8 Å². The molecule has 0 saturated heterocycles. The van der Waals surface area contributed by atoms with Crippen molar-refractivity contribution in [2.45, 2.75) is 19.6 Å². The van der Waals surface area contributed by atoms with E-state index in [-0.39, 0.29) is 45.5 Å². The molecule has 0 aliphatic carbocycles. The summed E-state index contributed by atoms with van der Waals surface area (Å²) in [5.41, 5.74) is 6.59. The summed E-state index contributed by atoms with van der Waals surface area (Å²) in [7, 11) is 0. The van der Waals surface area contributed by atoms with Crippen molar-refractivity contribution in [3.05, 3.63) is 69.5 Å². The summed E-state index contributed by atoms with van der Waals surface area (Å²) in [6.07, 6.45) is 0. The fourth-order valence-corrected chi connectivity index (χ4v) is 3.50. The van der Waals surface area contributed by atoms with Crippen LogP contribution >= 0.6 is 23.2 Å². The van der Waals surface area contributed by atoms with Crippen LogP contribution < -0.4 is 11.1 Å². The highest BCUT2D eigenvalue weighted by Gasteiger charge is 2.42. The monoisotopic (exact) mass is 486 g/mol. The average Bonchev–Trinajstić information content (AvgIpc) is 3.01. The van der Waals surface area contributed by atoms with E-state index in [2.05, 4.69) is 20.3 Å². The van der Waals surface area contributed by atoms with Crippen molar-refractivity contribution in [3.63, 3.8) is 0 Å². The number of anilines is 3. The van der Waals surface area contributed by atoms with E-state index < -0.39 is 23.8 Å². The van der Waals surface area contributed by atoms with Crippen molar-refractivity contribution in [3.8, 4) is 0 Å². The predicted octanol–water partition coefficient (Wildman–Crippen LogP) is 3.23. The minimum absolute atomic E-state index is 0.0657. The van der Waals surface area contributed by atoms with Crippen LogP contribution in [0.15, 0.2) is 42.5 Å². The Kier molecular flexibility index (Phi) is 6.12. The van der Waals surface area contributed by atoms with E-state index in [1.807, 2.05) is 30.3 Å². The number of esters is 1. The van der Waals surface area contributed by atoms with Crippen LogP contribution in [-0.4, -0.2) is 43.7 Å². The van der Waals surface area contributed by atoms with Crippen LogP contribution in [0.5, 0.6) is 0 Å². The number of benzene rings is 2. The highest BCUT2D eigenvalue weighted by Crippen LogP contribution is 2.32. The molecular weight excluding hydrogens is 471 g/mol. The number of halogens is 2. The number of amides is 2. The molecule has 1 unspecified atom stereocenters. The van der Waals surface area contributed by atoms with E-state index in [9.17, 15) is 14.4 Å². The fraction of sp³-hybridized carbons (Fsp3) is 0.143. The third kappa shape index (κ3) is 4.57. The molecule has 168 valence electrons. The number of nitrogens with zero attached hydrogens (tertiary/aromatic N) is 4. The number of nitrogens with two attached hydrogens (primary N) is 1. The molecule has 10 nitrogen and oxygen atoms in total. The van der Waals surface area contributed by atoms with Gasteiger partial charge in [0.25, 0.3) is 11.8 Å². The summed E-state index contributed by atoms with van der Waals surface area (Å²) in [6, 6.07) is 10.5. The Labute approximate surface area is 197 Å². The Bertz CT molecular complexity index is 1230. The molecule has 0 fully saturated rings. The summed E-state index contributed by atoms with van der Waals surface area (Å²) in [6.45, 7) is 1.03. The second-order valence-electron chi connectivity index (χ2n) is 7.00. The van der Waals surface area contributed by atoms with Crippen LogP contribution in [0.3, 0.4) is 0 Å². The summed E-state index contributed by atoms with van der Waals surface area (Å²) in [4.78, 5) is 50.9. The topological polar surface area (TPSA) is 140 Å². The molecule has 2 amide bonds. The van der Waals surface area contributed by atoms with Crippen molar-refractivity contribution in [2.75, 3.05) is 11.1 Å². The number of hydrogen-bond donors (Lipinski definition) is 2. The minimum atomic E-state index is -1.21. The zero-order valence-electron chi connectivity index (χ0n) is 17.1. The van der Waals surface area contributed by atoms with E-state index in [4.69, 9.17) is 33.7 Å². The van der Waals surface area contributed by atoms with E-state index in [1.165, 1.54) is 19.1 Å². The Morgan fingerprint density at radius 2 is 1.67 bits per heavy atom. The fourth-order valence-electron chi connectivity index (χ4n) is 3.17. The molecule has 1 atom stereocenters. The number of nitrogens with one attached hydrogen (secondary N) is 1. The van der Waals surface area contributed by atoms with Crippen molar-refractivity contribution in [1.82, 2.24) is 19.9 Å². The Balaban J connectivity index is 1.45. The predicted molar refractivity (Wildman–Crippen MR) is 120 cm³/mol. The molecular formula is C21H16Cl2N6O4. The third-order valence-corrected chi connectivity index (χ3v) is 5.48. The Morgan fingerprint density at radius 1 is 1.06 bits per heavy atom. The van der Waals surface area contributed by atoms with Crippen molar-refractivity contribution < 1.29 is 19.1 Å². The van der Waals surface area contributed by atoms with Crippen molar-refractivity contribution in [2.24, 2.45) is 0 Å². The van der Waals surface area contributed by atoms with Gasteiger partial charge in [0, 0.05) is 5.69 Å². The molecule has 0 saturated carbocycles. The van der Waals surface area contributed by atoms with Crippen molar-refractivity contribution in [1.29, 1.82) is 0 Å². The highest BCUT2D eigenvalue weighted by molar-refractivity contribution is 6.43. The zero-order chi connectivity index (χ0) is 23.7. The third-order valence-electron chi connectivity index (χ3n) is 4.76. The van der Waals surface area contributed by atoms with E-state index in [1.54, 1.807) is 0 Å². The number of carbonyl (C=O) groups excluding carboxylic acids is 3. The van der Waals surface area contributed by atoms with Gasteiger partial charge in [0.15, 0.2) is 12.4 Å². The van der Waals surface area contributed by atoms with Gasteiger partial charge in [-0.25, -0.2) is 4.79 Å². The molecule has 4 rings (SSSR count). The summed E-state index contributed by atoms with van der Waals surface area (Å²) in [5.74, 6) is -1.99. The maximum absolute atomic E-state index is 12.7. The molecule has 33 heavy (non-hydrogen) atoms. The highest BCUT2D eigenvalue weighted by atomic mass is 35.5. The standard InChI is InChI=1S/C21H16Cl2N6O4/c1-10(29-17(30)12-7-14(22)15(23)8-13(12)18(29)31)19(32)33-9-16-26-20(24)28-21(27-16)25-11-5-3-2-4-6-11/h2-8,10H,9H2,1H3,(H3,24,25,26,27,28). The number of nitrogen functional groups attached to an aromatic ring is 1. The second kappa shape index (κ2) is 9.00. The molecule has 3 N–H and O–H groups in total. The van der Waals surface area contributed by atoms with Crippen LogP contribution in [0.4, 0.5) is 17.6 Å². The number of fused-ring (bicyclic) bond motifs is 1. The lowest BCUT2D eigenvalue weighted by Gasteiger charge is -2.20. The lowest BCUT2D eigenvalue weighted by atomic mass is 10.1.